The molecule has 3 nitrogen and oxygen atoms in total. The number of rotatable bonds is 2. The smallest absolute Gasteiger partial charge is 0.227 e. The van der Waals surface area contributed by atoms with Gasteiger partial charge in [0.05, 0.1) is 6.42 Å². The molecule has 1 amide bonds. The summed E-state index contributed by atoms with van der Waals surface area (Å²) in [5, 5.41) is 3.38. The van der Waals surface area contributed by atoms with Crippen molar-refractivity contribution < 1.29 is 9.18 Å². The van der Waals surface area contributed by atoms with E-state index in [0.717, 1.165) is 18.7 Å². The van der Waals surface area contributed by atoms with Gasteiger partial charge in [-0.05, 0) is 31.5 Å². The van der Waals surface area contributed by atoms with E-state index in [-0.39, 0.29) is 18.1 Å². The lowest BCUT2D eigenvalue weighted by Gasteiger charge is -2.36. The molecule has 2 rings (SSSR count). The van der Waals surface area contributed by atoms with Crippen molar-refractivity contribution in [3.05, 3.63) is 35.6 Å². The summed E-state index contributed by atoms with van der Waals surface area (Å²) >= 11 is 0. The summed E-state index contributed by atoms with van der Waals surface area (Å²) in [5.41, 5.74) is 0.735. The van der Waals surface area contributed by atoms with E-state index in [1.807, 2.05) is 4.90 Å². The first-order valence-electron chi connectivity index (χ1n) is 6.33. The Bertz CT molecular complexity index is 426. The molecule has 0 saturated carbocycles. The van der Waals surface area contributed by atoms with Crippen LogP contribution in [0.15, 0.2) is 24.3 Å². The number of piperazine rings is 1. The maximum atomic E-state index is 13.0. The van der Waals surface area contributed by atoms with Gasteiger partial charge in [-0.2, -0.15) is 0 Å². The Morgan fingerprint density at radius 1 is 1.39 bits per heavy atom. The first-order valence-corrected chi connectivity index (χ1v) is 6.33. The van der Waals surface area contributed by atoms with Crippen LogP contribution in [-0.4, -0.2) is 36.0 Å². The molecule has 18 heavy (non-hydrogen) atoms. The number of benzene rings is 1. The van der Waals surface area contributed by atoms with Crippen LogP contribution in [0.2, 0.25) is 0 Å². The molecule has 1 aliphatic heterocycles. The topological polar surface area (TPSA) is 32.3 Å². The van der Waals surface area contributed by atoms with Crippen molar-refractivity contribution >= 4 is 5.91 Å². The lowest BCUT2D eigenvalue weighted by molar-refractivity contribution is -0.132. The van der Waals surface area contributed by atoms with Gasteiger partial charge in [0.25, 0.3) is 0 Å². The maximum Gasteiger partial charge on any atom is 0.227 e. The van der Waals surface area contributed by atoms with E-state index in [1.165, 1.54) is 12.1 Å². The predicted molar refractivity (Wildman–Crippen MR) is 68.7 cm³/mol. The number of amides is 1. The van der Waals surface area contributed by atoms with Gasteiger partial charge in [0.1, 0.15) is 5.82 Å². The Kier molecular flexibility index (Phi) is 3.97. The zero-order valence-electron chi connectivity index (χ0n) is 10.8. The van der Waals surface area contributed by atoms with Crippen molar-refractivity contribution in [2.75, 3.05) is 13.1 Å². The molecule has 0 spiro atoms. The third-order valence-corrected chi connectivity index (χ3v) is 3.15. The molecule has 0 radical (unpaired) electrons. The van der Waals surface area contributed by atoms with E-state index in [1.54, 1.807) is 12.1 Å². The lowest BCUT2D eigenvalue weighted by atomic mass is 10.1. The van der Waals surface area contributed by atoms with Crippen LogP contribution in [0.25, 0.3) is 0 Å². The van der Waals surface area contributed by atoms with E-state index >= 15 is 0 Å². The highest BCUT2D eigenvalue weighted by molar-refractivity contribution is 5.79. The highest BCUT2D eigenvalue weighted by Gasteiger charge is 2.24. The molecule has 0 aromatic heterocycles. The van der Waals surface area contributed by atoms with Crippen molar-refractivity contribution in [3.8, 4) is 0 Å². The highest BCUT2D eigenvalue weighted by Crippen LogP contribution is 2.09. The molecule has 1 saturated heterocycles. The zero-order chi connectivity index (χ0) is 13.1. The molecule has 0 bridgehead atoms. The van der Waals surface area contributed by atoms with E-state index < -0.39 is 0 Å². The highest BCUT2D eigenvalue weighted by atomic mass is 19.1. The molecule has 1 heterocycles. The SMILES string of the molecule is CC1CN(C(=O)Cc2cccc(F)c2)CC(C)N1. The van der Waals surface area contributed by atoms with Gasteiger partial charge in [0.2, 0.25) is 5.91 Å². The first kappa shape index (κ1) is 13.0. The van der Waals surface area contributed by atoms with Crippen molar-refractivity contribution in [2.45, 2.75) is 32.4 Å². The number of nitrogens with one attached hydrogen (secondary N) is 1. The van der Waals surface area contributed by atoms with Crippen LogP contribution in [0.5, 0.6) is 0 Å². The minimum Gasteiger partial charge on any atom is -0.339 e. The predicted octanol–water partition coefficient (Wildman–Crippen LogP) is 1.58. The fourth-order valence-electron chi connectivity index (χ4n) is 2.46. The van der Waals surface area contributed by atoms with Gasteiger partial charge in [0.15, 0.2) is 0 Å². The quantitative estimate of drug-likeness (QED) is 0.864. The number of halogens is 1. The van der Waals surface area contributed by atoms with Gasteiger partial charge in [0, 0.05) is 25.2 Å². The van der Waals surface area contributed by atoms with Crippen LogP contribution in [0.1, 0.15) is 19.4 Å². The molecule has 1 fully saturated rings. The minimum absolute atomic E-state index is 0.0702. The molecular weight excluding hydrogens is 231 g/mol. The second kappa shape index (κ2) is 5.48. The standard InChI is InChI=1S/C14H19FN2O/c1-10-8-17(9-11(2)16-10)14(18)7-12-4-3-5-13(15)6-12/h3-6,10-11,16H,7-9H2,1-2H3. The zero-order valence-corrected chi connectivity index (χ0v) is 10.8. The van der Waals surface area contributed by atoms with Crippen LogP contribution in [-0.2, 0) is 11.2 Å². The van der Waals surface area contributed by atoms with Gasteiger partial charge in [-0.25, -0.2) is 4.39 Å². The van der Waals surface area contributed by atoms with Crippen LogP contribution < -0.4 is 5.32 Å². The fourth-order valence-corrected chi connectivity index (χ4v) is 2.46. The summed E-state index contributed by atoms with van der Waals surface area (Å²) in [6.45, 7) is 5.58. The summed E-state index contributed by atoms with van der Waals surface area (Å²) in [6.07, 6.45) is 0.275. The molecule has 1 aliphatic rings. The van der Waals surface area contributed by atoms with Crippen LogP contribution in [0.3, 0.4) is 0 Å². The summed E-state index contributed by atoms with van der Waals surface area (Å²) < 4.78 is 13.0. The Hall–Kier alpha value is -1.42. The largest absolute Gasteiger partial charge is 0.339 e. The molecule has 1 aromatic rings. The third-order valence-electron chi connectivity index (χ3n) is 3.15. The number of hydrogen-bond acceptors (Lipinski definition) is 2. The summed E-state index contributed by atoms with van der Waals surface area (Å²) in [4.78, 5) is 14.0. The van der Waals surface area contributed by atoms with E-state index in [0.29, 0.717) is 12.1 Å². The summed E-state index contributed by atoms with van der Waals surface area (Å²) in [5.74, 6) is -0.219. The lowest BCUT2D eigenvalue weighted by Crippen LogP contribution is -2.56. The number of hydrogen-bond donors (Lipinski definition) is 1. The number of nitrogens with zero attached hydrogens (tertiary/aromatic N) is 1. The third kappa shape index (κ3) is 3.29. The number of carbonyl (C=O) groups excluding carboxylic acids is 1. The molecular formula is C14H19FN2O. The summed E-state index contributed by atoms with van der Waals surface area (Å²) in [7, 11) is 0. The molecule has 1 N–H and O–H groups in total. The van der Waals surface area contributed by atoms with Crippen LogP contribution >= 0.6 is 0 Å². The molecule has 4 heteroatoms. The Morgan fingerprint density at radius 3 is 2.67 bits per heavy atom. The van der Waals surface area contributed by atoms with Gasteiger partial charge < -0.3 is 10.2 Å². The van der Waals surface area contributed by atoms with Gasteiger partial charge in [-0.3, -0.25) is 4.79 Å². The second-order valence-electron chi connectivity index (χ2n) is 5.07. The minimum atomic E-state index is -0.289. The second-order valence-corrected chi connectivity index (χ2v) is 5.07. The van der Waals surface area contributed by atoms with Gasteiger partial charge in [-0.1, -0.05) is 12.1 Å². The maximum absolute atomic E-state index is 13.0. The van der Waals surface area contributed by atoms with Crippen molar-refractivity contribution in [3.63, 3.8) is 0 Å². The molecule has 98 valence electrons. The Labute approximate surface area is 107 Å². The monoisotopic (exact) mass is 250 g/mol. The van der Waals surface area contributed by atoms with Crippen molar-refractivity contribution in [2.24, 2.45) is 0 Å². The van der Waals surface area contributed by atoms with Crippen LogP contribution in [0.4, 0.5) is 4.39 Å². The average Bonchev–Trinajstić information content (AvgIpc) is 2.27. The van der Waals surface area contributed by atoms with E-state index in [2.05, 4.69) is 19.2 Å². The van der Waals surface area contributed by atoms with E-state index in [4.69, 9.17) is 0 Å². The molecule has 1 aromatic carbocycles. The Balaban J connectivity index is 1.99. The first-order chi connectivity index (χ1) is 8.54. The molecule has 2 atom stereocenters. The van der Waals surface area contributed by atoms with E-state index in [9.17, 15) is 9.18 Å². The van der Waals surface area contributed by atoms with Crippen LogP contribution in [0, 0.1) is 5.82 Å². The molecule has 2 unspecified atom stereocenters. The van der Waals surface area contributed by atoms with Crippen molar-refractivity contribution in [1.29, 1.82) is 0 Å². The van der Waals surface area contributed by atoms with Crippen molar-refractivity contribution in [1.82, 2.24) is 10.2 Å². The summed E-state index contributed by atoms with van der Waals surface area (Å²) in [6, 6.07) is 6.86. The Morgan fingerprint density at radius 2 is 2.06 bits per heavy atom. The van der Waals surface area contributed by atoms with Gasteiger partial charge in [-0.15, -0.1) is 0 Å². The fraction of sp³-hybridized carbons (Fsp3) is 0.500. The normalized spacial score (nSPS) is 24.1. The average molecular weight is 250 g/mol. The van der Waals surface area contributed by atoms with Gasteiger partial charge >= 0.3 is 0 Å². The molecule has 0 aliphatic carbocycles. The number of carbonyl (C=O) groups is 1.